The second-order valence-electron chi connectivity index (χ2n) is 3.62. The molecule has 0 aliphatic rings. The van der Waals surface area contributed by atoms with Gasteiger partial charge in [0.25, 0.3) is 0 Å². The molecule has 0 nitrogen and oxygen atoms in total. The molecule has 0 saturated carbocycles. The van der Waals surface area contributed by atoms with Crippen LogP contribution in [0.5, 0.6) is 0 Å². The molecule has 0 N–H and O–H groups in total. The van der Waals surface area contributed by atoms with Gasteiger partial charge >= 0.3 is 0 Å². The van der Waals surface area contributed by atoms with Crippen LogP contribution in [0.4, 0.5) is 0 Å². The van der Waals surface area contributed by atoms with Gasteiger partial charge in [-0.3, -0.25) is 0 Å². The first kappa shape index (κ1) is 5.95. The summed E-state index contributed by atoms with van der Waals surface area (Å²) in [5.74, 6) is 0. The standard InChI is InChI=1S/C14H22/c1-2-3-4-5-6-8-11-14-12-9-7-10-13-14/h7,9-10,12-13H,2-6,8,11H2,1H3/i7D,9D,10D,12D,13D. The zero-order chi connectivity index (χ0) is 14.4. The Morgan fingerprint density at radius 3 is 2.29 bits per heavy atom. The average Bonchev–Trinajstić information content (AvgIpc) is 2.41. The van der Waals surface area contributed by atoms with Gasteiger partial charge in [-0.1, -0.05) is 69.2 Å². The van der Waals surface area contributed by atoms with Gasteiger partial charge in [0.15, 0.2) is 0 Å². The Morgan fingerprint density at radius 1 is 0.929 bits per heavy atom. The van der Waals surface area contributed by atoms with E-state index in [2.05, 4.69) is 6.92 Å². The highest BCUT2D eigenvalue weighted by molar-refractivity contribution is 5.14. The van der Waals surface area contributed by atoms with E-state index >= 15 is 0 Å². The SMILES string of the molecule is [2H]c1c([2H])c([2H])c(CCCCCCCC)c([2H])c1[2H]. The maximum Gasteiger partial charge on any atom is 0.0626 e. The molecular formula is C14H22. The third kappa shape index (κ3) is 5.06. The first-order valence-corrected chi connectivity index (χ1v) is 5.56. The lowest BCUT2D eigenvalue weighted by Crippen LogP contribution is -1.85. The lowest BCUT2D eigenvalue weighted by Gasteiger charge is -2.01. The van der Waals surface area contributed by atoms with Gasteiger partial charge in [-0.05, 0) is 18.4 Å². The topological polar surface area (TPSA) is 0 Å². The molecule has 0 aliphatic carbocycles. The first-order chi connectivity index (χ1) is 9.00. The van der Waals surface area contributed by atoms with E-state index in [0.717, 1.165) is 19.3 Å². The molecule has 0 saturated heterocycles. The van der Waals surface area contributed by atoms with E-state index in [0.29, 0.717) is 12.0 Å². The Bertz CT molecular complexity index is 399. The Labute approximate surface area is 95.4 Å². The number of rotatable bonds is 7. The first-order valence-electron chi connectivity index (χ1n) is 8.06. The summed E-state index contributed by atoms with van der Waals surface area (Å²) in [5, 5.41) is 0. The van der Waals surface area contributed by atoms with Gasteiger partial charge in [0.2, 0.25) is 0 Å². The normalized spacial score (nSPS) is 15.4. The fraction of sp³-hybridized carbons (Fsp3) is 0.571. The van der Waals surface area contributed by atoms with Gasteiger partial charge in [0, 0.05) is 0 Å². The molecule has 0 radical (unpaired) electrons. The minimum atomic E-state index is -0.304. The third-order valence-electron chi connectivity index (χ3n) is 2.33. The van der Waals surface area contributed by atoms with Crippen LogP contribution in [0.2, 0.25) is 0 Å². The van der Waals surface area contributed by atoms with Crippen molar-refractivity contribution < 1.29 is 6.85 Å². The molecular weight excluding hydrogens is 168 g/mol. The zero-order valence-corrected chi connectivity index (χ0v) is 8.95. The van der Waals surface area contributed by atoms with Crippen molar-refractivity contribution in [3.63, 3.8) is 0 Å². The fourth-order valence-corrected chi connectivity index (χ4v) is 1.48. The van der Waals surface area contributed by atoms with Crippen LogP contribution in [0.15, 0.2) is 30.2 Å². The van der Waals surface area contributed by atoms with Gasteiger partial charge in [0.05, 0.1) is 6.85 Å². The zero-order valence-electron chi connectivity index (χ0n) is 13.9. The molecule has 0 heteroatoms. The predicted octanol–water partition coefficient (Wildman–Crippen LogP) is 4.59. The van der Waals surface area contributed by atoms with Crippen LogP contribution in [0, 0.1) is 0 Å². The lowest BCUT2D eigenvalue weighted by molar-refractivity contribution is 0.607. The van der Waals surface area contributed by atoms with Gasteiger partial charge in [-0.2, -0.15) is 0 Å². The van der Waals surface area contributed by atoms with Crippen LogP contribution in [0.3, 0.4) is 0 Å². The van der Waals surface area contributed by atoms with E-state index in [1.54, 1.807) is 0 Å². The van der Waals surface area contributed by atoms with Crippen LogP contribution in [-0.2, 0) is 6.42 Å². The molecule has 14 heavy (non-hydrogen) atoms. The summed E-state index contributed by atoms with van der Waals surface area (Å²) in [6.45, 7) is 2.17. The highest BCUT2D eigenvalue weighted by Crippen LogP contribution is 2.09. The molecule has 78 valence electrons. The Balaban J connectivity index is 2.64. The summed E-state index contributed by atoms with van der Waals surface area (Å²) >= 11 is 0. The molecule has 0 unspecified atom stereocenters. The molecule has 0 aromatic heterocycles. The van der Waals surface area contributed by atoms with Crippen LogP contribution in [-0.4, -0.2) is 0 Å². The predicted molar refractivity (Wildman–Crippen MR) is 63.5 cm³/mol. The second kappa shape index (κ2) is 7.61. The third-order valence-corrected chi connectivity index (χ3v) is 2.33. The average molecular weight is 195 g/mol. The van der Waals surface area contributed by atoms with E-state index < -0.39 is 0 Å². The Hall–Kier alpha value is -0.780. The number of hydrogen-bond acceptors (Lipinski definition) is 0. The summed E-state index contributed by atoms with van der Waals surface area (Å²) in [5.41, 5.74) is 0.460. The van der Waals surface area contributed by atoms with Crippen molar-refractivity contribution in [2.45, 2.75) is 51.9 Å². The Morgan fingerprint density at radius 2 is 1.57 bits per heavy atom. The molecule has 0 spiro atoms. The fourth-order valence-electron chi connectivity index (χ4n) is 1.48. The van der Waals surface area contributed by atoms with Crippen molar-refractivity contribution in [3.05, 3.63) is 35.8 Å². The second-order valence-corrected chi connectivity index (χ2v) is 3.62. The molecule has 0 atom stereocenters. The Kier molecular flexibility index (Phi) is 3.23. The van der Waals surface area contributed by atoms with Gasteiger partial charge in [0.1, 0.15) is 0 Å². The van der Waals surface area contributed by atoms with Crippen LogP contribution in [0.25, 0.3) is 0 Å². The maximum absolute atomic E-state index is 7.81. The van der Waals surface area contributed by atoms with Crippen LogP contribution < -0.4 is 0 Å². The largest absolute Gasteiger partial charge is 0.0654 e. The van der Waals surface area contributed by atoms with Crippen LogP contribution in [0.1, 0.15) is 57.9 Å². The van der Waals surface area contributed by atoms with E-state index in [-0.39, 0.29) is 30.2 Å². The maximum atomic E-state index is 7.81. The van der Waals surface area contributed by atoms with E-state index in [1.807, 2.05) is 0 Å². The molecule has 1 aromatic rings. The highest BCUT2D eigenvalue weighted by atomic mass is 14.0. The molecule has 0 fully saturated rings. The van der Waals surface area contributed by atoms with Crippen molar-refractivity contribution in [1.82, 2.24) is 0 Å². The van der Waals surface area contributed by atoms with Crippen molar-refractivity contribution in [2.24, 2.45) is 0 Å². The minimum absolute atomic E-state index is 0.0421. The summed E-state index contributed by atoms with van der Waals surface area (Å²) in [7, 11) is 0. The highest BCUT2D eigenvalue weighted by Gasteiger charge is 1.92. The number of benzene rings is 1. The van der Waals surface area contributed by atoms with Crippen molar-refractivity contribution in [3.8, 4) is 0 Å². The quantitative estimate of drug-likeness (QED) is 0.558. The van der Waals surface area contributed by atoms with Gasteiger partial charge in [-0.15, -0.1) is 0 Å². The summed E-state index contributed by atoms with van der Waals surface area (Å²) in [6.07, 6.45) is 7.35. The summed E-state index contributed by atoms with van der Waals surface area (Å²) in [6, 6.07) is -0.829. The molecule has 0 heterocycles. The minimum Gasteiger partial charge on any atom is -0.0654 e. The van der Waals surface area contributed by atoms with Crippen molar-refractivity contribution >= 4 is 0 Å². The van der Waals surface area contributed by atoms with E-state index in [1.165, 1.54) is 19.3 Å². The molecule has 0 amide bonds. The molecule has 0 aliphatic heterocycles. The van der Waals surface area contributed by atoms with Gasteiger partial charge in [-0.25, -0.2) is 0 Å². The molecule has 1 rings (SSSR count). The lowest BCUT2D eigenvalue weighted by atomic mass is 10.1. The number of unbranched alkanes of at least 4 members (excludes halogenated alkanes) is 5. The van der Waals surface area contributed by atoms with Crippen molar-refractivity contribution in [1.29, 1.82) is 0 Å². The van der Waals surface area contributed by atoms with Crippen LogP contribution >= 0.6 is 0 Å². The number of hydrogen-bond donors (Lipinski definition) is 0. The van der Waals surface area contributed by atoms with E-state index in [9.17, 15) is 0 Å². The summed E-state index contributed by atoms with van der Waals surface area (Å²) < 4.78 is 38.3. The monoisotopic (exact) mass is 195 g/mol. The van der Waals surface area contributed by atoms with Crippen molar-refractivity contribution in [2.75, 3.05) is 0 Å². The molecule has 1 aromatic carbocycles. The smallest absolute Gasteiger partial charge is 0.0626 e. The van der Waals surface area contributed by atoms with E-state index in [4.69, 9.17) is 6.85 Å². The molecule has 0 bridgehead atoms. The van der Waals surface area contributed by atoms with Gasteiger partial charge < -0.3 is 0 Å². The summed E-state index contributed by atoms with van der Waals surface area (Å²) in [4.78, 5) is 0.